The van der Waals surface area contributed by atoms with Crippen molar-refractivity contribution in [3.05, 3.63) is 12.0 Å². The van der Waals surface area contributed by atoms with Gasteiger partial charge in [-0.15, -0.1) is 0 Å². The summed E-state index contributed by atoms with van der Waals surface area (Å²) in [6.07, 6.45) is -3.62. The predicted molar refractivity (Wildman–Crippen MR) is 70.6 cm³/mol. The van der Waals surface area contributed by atoms with E-state index in [4.69, 9.17) is 14.6 Å². The van der Waals surface area contributed by atoms with Crippen molar-refractivity contribution in [2.75, 3.05) is 18.5 Å². The van der Waals surface area contributed by atoms with Crippen LogP contribution in [-0.4, -0.2) is 62.5 Å². The van der Waals surface area contributed by atoms with E-state index < -0.39 is 37.2 Å². The number of nitrogens with zero attached hydrogens (tertiary/aromatic N) is 2. The Morgan fingerprint density at radius 1 is 1.52 bits per heavy atom. The number of hydrogen-bond acceptors (Lipinski definition) is 7. The molecule has 9 nitrogen and oxygen atoms in total. The van der Waals surface area contributed by atoms with Crippen molar-refractivity contribution in [3.8, 4) is 0 Å². The van der Waals surface area contributed by atoms with Crippen LogP contribution in [0.25, 0.3) is 0 Å². The van der Waals surface area contributed by atoms with Crippen LogP contribution in [0, 0.1) is 6.92 Å². The molecule has 1 amide bonds. The number of aliphatic hydroxyl groups excluding tert-OH is 3. The van der Waals surface area contributed by atoms with Gasteiger partial charge < -0.3 is 24.8 Å². The zero-order valence-corrected chi connectivity index (χ0v) is 11.8. The van der Waals surface area contributed by atoms with Gasteiger partial charge in [-0.2, -0.15) is 0 Å². The largest absolute Gasteiger partial charge is 0.450 e. The number of anilines is 1. The third-order valence-electron chi connectivity index (χ3n) is 3.26. The van der Waals surface area contributed by atoms with E-state index in [9.17, 15) is 15.0 Å². The lowest BCUT2D eigenvalue weighted by atomic mass is 10.1. The minimum Gasteiger partial charge on any atom is -0.450 e. The average Bonchev–Trinajstić information content (AvgIpc) is 2.93. The highest BCUT2D eigenvalue weighted by molar-refractivity contribution is 5.84. The van der Waals surface area contributed by atoms with Crippen molar-refractivity contribution in [1.82, 2.24) is 9.55 Å². The standard InChI is InChI=1S/C12H19N3O6/c1-3-20-12(19)14-10-6(2)13-5-15(10)11-9(18)8(17)7(4-16)21-11/h5,7-9,11,16-18H,3-4H2,1-2H3,(H,14,19)/t7-,8-,9-,11-/m1/s1. The lowest BCUT2D eigenvalue weighted by Crippen LogP contribution is -2.33. The number of rotatable bonds is 4. The maximum absolute atomic E-state index is 11.5. The number of amides is 1. The van der Waals surface area contributed by atoms with Gasteiger partial charge in [0.15, 0.2) is 6.23 Å². The molecule has 1 fully saturated rings. The number of nitrogens with one attached hydrogen (secondary N) is 1. The summed E-state index contributed by atoms with van der Waals surface area (Å²) in [6, 6.07) is 0. The quantitative estimate of drug-likeness (QED) is 0.583. The number of carbonyl (C=O) groups excluding carboxylic acids is 1. The summed E-state index contributed by atoms with van der Waals surface area (Å²) in [5.74, 6) is 0.295. The van der Waals surface area contributed by atoms with E-state index in [-0.39, 0.29) is 6.61 Å². The van der Waals surface area contributed by atoms with Crippen molar-refractivity contribution < 1.29 is 29.6 Å². The van der Waals surface area contributed by atoms with Gasteiger partial charge in [-0.1, -0.05) is 0 Å². The number of imidazole rings is 1. The summed E-state index contributed by atoms with van der Waals surface area (Å²) in [5.41, 5.74) is 0.501. The molecular weight excluding hydrogens is 282 g/mol. The van der Waals surface area contributed by atoms with Crippen LogP contribution in [0.2, 0.25) is 0 Å². The third kappa shape index (κ3) is 3.00. The molecule has 4 N–H and O–H groups in total. The molecule has 2 rings (SSSR count). The van der Waals surface area contributed by atoms with E-state index in [2.05, 4.69) is 10.3 Å². The van der Waals surface area contributed by atoms with Crippen LogP contribution in [0.1, 0.15) is 18.8 Å². The Morgan fingerprint density at radius 2 is 2.24 bits per heavy atom. The molecule has 21 heavy (non-hydrogen) atoms. The topological polar surface area (TPSA) is 126 Å². The summed E-state index contributed by atoms with van der Waals surface area (Å²) >= 11 is 0. The highest BCUT2D eigenvalue weighted by Gasteiger charge is 2.44. The molecule has 0 saturated carbocycles. The molecule has 0 unspecified atom stereocenters. The molecule has 0 bridgehead atoms. The van der Waals surface area contributed by atoms with Crippen LogP contribution in [0.15, 0.2) is 6.33 Å². The van der Waals surface area contributed by atoms with Gasteiger partial charge in [0.05, 0.1) is 25.2 Å². The molecule has 1 saturated heterocycles. The Hall–Kier alpha value is -1.68. The fourth-order valence-corrected chi connectivity index (χ4v) is 2.18. The van der Waals surface area contributed by atoms with Crippen molar-refractivity contribution in [1.29, 1.82) is 0 Å². The summed E-state index contributed by atoms with van der Waals surface area (Å²) < 4.78 is 11.6. The molecule has 0 spiro atoms. The number of aromatic nitrogens is 2. The first-order chi connectivity index (χ1) is 9.99. The molecule has 2 heterocycles. The smallest absolute Gasteiger partial charge is 0.412 e. The second kappa shape index (κ2) is 6.39. The Kier molecular flexibility index (Phi) is 4.78. The molecular formula is C12H19N3O6. The van der Waals surface area contributed by atoms with Gasteiger partial charge in [-0.05, 0) is 13.8 Å². The molecule has 9 heteroatoms. The molecule has 1 aromatic heterocycles. The highest BCUT2D eigenvalue weighted by atomic mass is 16.6. The molecule has 0 aromatic carbocycles. The predicted octanol–water partition coefficient (Wildman–Crippen LogP) is -0.629. The Bertz CT molecular complexity index is 505. The van der Waals surface area contributed by atoms with Crippen molar-refractivity contribution in [2.45, 2.75) is 38.4 Å². The van der Waals surface area contributed by atoms with Crippen LogP contribution in [0.5, 0.6) is 0 Å². The van der Waals surface area contributed by atoms with E-state index in [1.807, 2.05) is 0 Å². The molecule has 0 radical (unpaired) electrons. The van der Waals surface area contributed by atoms with Gasteiger partial charge in [-0.25, -0.2) is 9.78 Å². The maximum atomic E-state index is 11.5. The Balaban J connectivity index is 2.23. The number of aryl methyl sites for hydroxylation is 1. The van der Waals surface area contributed by atoms with Crippen LogP contribution < -0.4 is 5.32 Å². The normalized spacial score (nSPS) is 28.6. The lowest BCUT2D eigenvalue weighted by molar-refractivity contribution is -0.0518. The first kappa shape index (κ1) is 15.7. The molecule has 1 aromatic rings. The molecule has 4 atom stereocenters. The first-order valence-corrected chi connectivity index (χ1v) is 6.59. The van der Waals surface area contributed by atoms with E-state index in [1.54, 1.807) is 13.8 Å². The number of ether oxygens (including phenoxy) is 2. The zero-order chi connectivity index (χ0) is 15.6. The summed E-state index contributed by atoms with van der Waals surface area (Å²) in [6.45, 7) is 3.13. The van der Waals surface area contributed by atoms with Gasteiger partial charge in [-0.3, -0.25) is 9.88 Å². The van der Waals surface area contributed by atoms with E-state index in [0.29, 0.717) is 11.5 Å². The maximum Gasteiger partial charge on any atom is 0.412 e. The third-order valence-corrected chi connectivity index (χ3v) is 3.26. The van der Waals surface area contributed by atoms with Gasteiger partial charge in [0.1, 0.15) is 24.1 Å². The summed E-state index contributed by atoms with van der Waals surface area (Å²) in [5, 5.41) is 31.4. The summed E-state index contributed by atoms with van der Waals surface area (Å²) in [7, 11) is 0. The number of carbonyl (C=O) groups is 1. The second-order valence-electron chi connectivity index (χ2n) is 4.66. The minimum absolute atomic E-state index is 0.215. The lowest BCUT2D eigenvalue weighted by Gasteiger charge is -2.19. The van der Waals surface area contributed by atoms with Crippen LogP contribution in [0.3, 0.4) is 0 Å². The molecule has 1 aliphatic rings. The van der Waals surface area contributed by atoms with Gasteiger partial charge in [0, 0.05) is 0 Å². The number of aliphatic hydroxyl groups is 3. The van der Waals surface area contributed by atoms with Gasteiger partial charge in [0.25, 0.3) is 0 Å². The monoisotopic (exact) mass is 301 g/mol. The highest BCUT2D eigenvalue weighted by Crippen LogP contribution is 2.32. The first-order valence-electron chi connectivity index (χ1n) is 6.59. The molecule has 0 aliphatic carbocycles. The molecule has 1 aliphatic heterocycles. The summed E-state index contributed by atoms with van der Waals surface area (Å²) in [4.78, 5) is 15.6. The van der Waals surface area contributed by atoms with Gasteiger partial charge >= 0.3 is 6.09 Å². The second-order valence-corrected chi connectivity index (χ2v) is 4.66. The zero-order valence-electron chi connectivity index (χ0n) is 11.8. The van der Waals surface area contributed by atoms with Crippen LogP contribution in [-0.2, 0) is 9.47 Å². The van der Waals surface area contributed by atoms with Gasteiger partial charge in [0.2, 0.25) is 0 Å². The Morgan fingerprint density at radius 3 is 2.81 bits per heavy atom. The number of hydrogen-bond donors (Lipinski definition) is 4. The fourth-order valence-electron chi connectivity index (χ4n) is 2.18. The van der Waals surface area contributed by atoms with Crippen molar-refractivity contribution in [3.63, 3.8) is 0 Å². The van der Waals surface area contributed by atoms with Crippen LogP contribution >= 0.6 is 0 Å². The van der Waals surface area contributed by atoms with E-state index >= 15 is 0 Å². The van der Waals surface area contributed by atoms with E-state index in [0.717, 1.165) is 0 Å². The van der Waals surface area contributed by atoms with E-state index in [1.165, 1.54) is 10.9 Å². The fraction of sp³-hybridized carbons (Fsp3) is 0.667. The van der Waals surface area contributed by atoms with Crippen LogP contribution in [0.4, 0.5) is 10.6 Å². The van der Waals surface area contributed by atoms with Crippen molar-refractivity contribution in [2.24, 2.45) is 0 Å². The Labute approximate surface area is 121 Å². The SMILES string of the molecule is CCOC(=O)Nc1c(C)ncn1[C@@H]1O[C@H](CO)[C@@H](O)[C@H]1O. The van der Waals surface area contributed by atoms with Crippen molar-refractivity contribution >= 4 is 11.9 Å². The minimum atomic E-state index is -1.25. The molecule has 118 valence electrons. The average molecular weight is 301 g/mol.